The Morgan fingerprint density at radius 2 is 2.29 bits per heavy atom. The number of aliphatic hydroxyl groups excluding tert-OH is 1. The summed E-state index contributed by atoms with van der Waals surface area (Å²) in [6.07, 6.45) is -0.534. The highest BCUT2D eigenvalue weighted by Crippen LogP contribution is 2.26. The van der Waals surface area contributed by atoms with Crippen LogP contribution in [0.4, 0.5) is 0 Å². The number of rotatable bonds is 2. The monoisotopic (exact) mass is 236 g/mol. The molecule has 2 atom stereocenters. The molecule has 1 aliphatic heterocycles. The summed E-state index contributed by atoms with van der Waals surface area (Å²) in [5, 5.41) is 9.89. The van der Waals surface area contributed by atoms with E-state index in [0.29, 0.717) is 18.6 Å². The summed E-state index contributed by atoms with van der Waals surface area (Å²) in [6, 6.07) is 7.51. The van der Waals surface area contributed by atoms with Crippen molar-refractivity contribution in [3.63, 3.8) is 0 Å². The van der Waals surface area contributed by atoms with E-state index in [1.54, 1.807) is 13.0 Å². The lowest BCUT2D eigenvalue weighted by Gasteiger charge is -2.19. The Balaban J connectivity index is 2.21. The highest BCUT2D eigenvalue weighted by molar-refractivity contribution is 5.76. The lowest BCUT2D eigenvalue weighted by atomic mass is 10.1. The van der Waals surface area contributed by atoms with Crippen molar-refractivity contribution in [3.05, 3.63) is 29.8 Å². The van der Waals surface area contributed by atoms with E-state index in [1.807, 2.05) is 18.2 Å². The maximum Gasteiger partial charge on any atom is 0.350 e. The van der Waals surface area contributed by atoms with E-state index < -0.39 is 18.2 Å². The maximum absolute atomic E-state index is 11.7. The van der Waals surface area contributed by atoms with Crippen LogP contribution in [-0.4, -0.2) is 29.9 Å². The molecule has 0 aliphatic carbocycles. The number of aryl methyl sites for hydroxylation is 1. The Bertz CT molecular complexity index is 402. The van der Waals surface area contributed by atoms with Gasteiger partial charge in [-0.2, -0.15) is 0 Å². The minimum atomic E-state index is -0.918. The standard InChI is InChI=1S/C13H16O4/c1-2-16-13(15)12-10(14)8-7-9-5-3-4-6-11(9)17-12/h3-6,10,12,14H,2,7-8H2,1H3/t10-,12-/m1/s1. The average Bonchev–Trinajstić information content (AvgIpc) is 2.50. The molecule has 1 aromatic rings. The molecule has 1 heterocycles. The number of hydrogen-bond acceptors (Lipinski definition) is 4. The lowest BCUT2D eigenvalue weighted by molar-refractivity contribution is -0.156. The van der Waals surface area contributed by atoms with Crippen LogP contribution in [0.1, 0.15) is 18.9 Å². The smallest absolute Gasteiger partial charge is 0.350 e. The van der Waals surface area contributed by atoms with Gasteiger partial charge in [-0.05, 0) is 31.4 Å². The van der Waals surface area contributed by atoms with Gasteiger partial charge >= 0.3 is 5.97 Å². The summed E-state index contributed by atoms with van der Waals surface area (Å²) < 4.78 is 10.5. The molecule has 92 valence electrons. The first-order chi connectivity index (χ1) is 8.22. The predicted molar refractivity (Wildman–Crippen MR) is 61.8 cm³/mol. The molecule has 0 unspecified atom stereocenters. The second-order valence-corrected chi connectivity index (χ2v) is 4.00. The molecular weight excluding hydrogens is 220 g/mol. The van der Waals surface area contributed by atoms with Crippen molar-refractivity contribution in [2.24, 2.45) is 0 Å². The van der Waals surface area contributed by atoms with Crippen molar-refractivity contribution in [2.45, 2.75) is 32.0 Å². The molecular formula is C13H16O4. The van der Waals surface area contributed by atoms with E-state index in [9.17, 15) is 9.90 Å². The van der Waals surface area contributed by atoms with Gasteiger partial charge in [-0.3, -0.25) is 0 Å². The molecule has 2 rings (SSSR count). The zero-order valence-electron chi connectivity index (χ0n) is 9.76. The van der Waals surface area contributed by atoms with Crippen molar-refractivity contribution in [3.8, 4) is 5.75 Å². The van der Waals surface area contributed by atoms with Gasteiger partial charge in [-0.1, -0.05) is 18.2 Å². The molecule has 0 bridgehead atoms. The van der Waals surface area contributed by atoms with E-state index in [0.717, 1.165) is 5.56 Å². The molecule has 4 nitrogen and oxygen atoms in total. The average molecular weight is 236 g/mol. The number of fused-ring (bicyclic) bond motifs is 1. The SMILES string of the molecule is CCOC(=O)[C@@H]1Oc2ccccc2CC[C@H]1O. The van der Waals surface area contributed by atoms with Crippen LogP contribution in [0.5, 0.6) is 5.75 Å². The van der Waals surface area contributed by atoms with Gasteiger partial charge in [0.25, 0.3) is 0 Å². The number of carbonyl (C=O) groups excluding carboxylic acids is 1. The molecule has 0 saturated carbocycles. The van der Waals surface area contributed by atoms with E-state index in [4.69, 9.17) is 9.47 Å². The second-order valence-electron chi connectivity index (χ2n) is 4.00. The van der Waals surface area contributed by atoms with Crippen LogP contribution in [0.2, 0.25) is 0 Å². The van der Waals surface area contributed by atoms with Crippen molar-refractivity contribution in [2.75, 3.05) is 6.61 Å². The lowest BCUT2D eigenvalue weighted by Crippen LogP contribution is -2.39. The number of esters is 1. The number of hydrogen-bond donors (Lipinski definition) is 1. The molecule has 0 fully saturated rings. The Morgan fingerprint density at radius 1 is 1.53 bits per heavy atom. The van der Waals surface area contributed by atoms with Crippen LogP contribution in [0.15, 0.2) is 24.3 Å². The molecule has 1 aromatic carbocycles. The van der Waals surface area contributed by atoms with Crippen LogP contribution >= 0.6 is 0 Å². The molecule has 17 heavy (non-hydrogen) atoms. The van der Waals surface area contributed by atoms with Crippen LogP contribution in [-0.2, 0) is 16.0 Å². The fourth-order valence-electron chi connectivity index (χ4n) is 1.93. The normalized spacial score (nSPS) is 23.2. The first kappa shape index (κ1) is 11.9. The molecule has 1 aliphatic rings. The van der Waals surface area contributed by atoms with Gasteiger partial charge in [-0.15, -0.1) is 0 Å². The third-order valence-electron chi connectivity index (χ3n) is 2.80. The Morgan fingerprint density at radius 3 is 3.06 bits per heavy atom. The maximum atomic E-state index is 11.7. The molecule has 1 N–H and O–H groups in total. The zero-order chi connectivity index (χ0) is 12.3. The summed E-state index contributed by atoms with van der Waals surface area (Å²) in [5.41, 5.74) is 1.01. The molecule has 0 aromatic heterocycles. The van der Waals surface area contributed by atoms with Crippen molar-refractivity contribution < 1.29 is 19.4 Å². The summed E-state index contributed by atoms with van der Waals surface area (Å²) >= 11 is 0. The van der Waals surface area contributed by atoms with Gasteiger partial charge in [0.2, 0.25) is 6.10 Å². The van der Waals surface area contributed by atoms with Gasteiger partial charge in [0.15, 0.2) is 0 Å². The third kappa shape index (κ3) is 2.58. The highest BCUT2D eigenvalue weighted by Gasteiger charge is 2.33. The zero-order valence-corrected chi connectivity index (χ0v) is 9.76. The van der Waals surface area contributed by atoms with E-state index in [-0.39, 0.29) is 6.61 Å². The molecule has 0 saturated heterocycles. The van der Waals surface area contributed by atoms with Crippen LogP contribution in [0.3, 0.4) is 0 Å². The van der Waals surface area contributed by atoms with Gasteiger partial charge in [-0.25, -0.2) is 4.79 Å². The van der Waals surface area contributed by atoms with Gasteiger partial charge in [0.1, 0.15) is 11.9 Å². The van der Waals surface area contributed by atoms with Crippen LogP contribution < -0.4 is 4.74 Å². The van der Waals surface area contributed by atoms with E-state index in [2.05, 4.69) is 0 Å². The minimum absolute atomic E-state index is 0.285. The first-order valence-electron chi connectivity index (χ1n) is 5.81. The summed E-state index contributed by atoms with van der Waals surface area (Å²) in [7, 11) is 0. The van der Waals surface area contributed by atoms with Crippen molar-refractivity contribution in [1.82, 2.24) is 0 Å². The molecule has 0 radical (unpaired) electrons. The minimum Gasteiger partial charge on any atom is -0.476 e. The topological polar surface area (TPSA) is 55.8 Å². The van der Waals surface area contributed by atoms with Gasteiger partial charge < -0.3 is 14.6 Å². The number of carbonyl (C=O) groups is 1. The fourth-order valence-corrected chi connectivity index (χ4v) is 1.93. The summed E-state index contributed by atoms with van der Waals surface area (Å²) in [6.45, 7) is 2.02. The fraction of sp³-hybridized carbons (Fsp3) is 0.462. The van der Waals surface area contributed by atoms with Crippen molar-refractivity contribution in [1.29, 1.82) is 0 Å². The van der Waals surface area contributed by atoms with E-state index in [1.165, 1.54) is 0 Å². The van der Waals surface area contributed by atoms with Gasteiger partial charge in [0, 0.05) is 0 Å². The number of para-hydroxylation sites is 1. The summed E-state index contributed by atoms with van der Waals surface area (Å²) in [5.74, 6) is 0.152. The summed E-state index contributed by atoms with van der Waals surface area (Å²) in [4.78, 5) is 11.7. The molecule has 4 heteroatoms. The van der Waals surface area contributed by atoms with Crippen LogP contribution in [0, 0.1) is 0 Å². The van der Waals surface area contributed by atoms with E-state index >= 15 is 0 Å². The number of benzene rings is 1. The first-order valence-corrected chi connectivity index (χ1v) is 5.81. The third-order valence-corrected chi connectivity index (χ3v) is 2.80. The number of aliphatic hydroxyl groups is 1. The predicted octanol–water partition coefficient (Wildman–Crippen LogP) is 1.30. The van der Waals surface area contributed by atoms with Crippen LogP contribution in [0.25, 0.3) is 0 Å². The van der Waals surface area contributed by atoms with Crippen molar-refractivity contribution >= 4 is 5.97 Å². The van der Waals surface area contributed by atoms with Gasteiger partial charge in [0.05, 0.1) is 6.61 Å². The Hall–Kier alpha value is -1.55. The quantitative estimate of drug-likeness (QED) is 0.786. The highest BCUT2D eigenvalue weighted by atomic mass is 16.6. The second kappa shape index (κ2) is 5.19. The molecule has 0 amide bonds. The number of ether oxygens (including phenoxy) is 2. The molecule has 0 spiro atoms. The Labute approximate surface area is 100 Å². The largest absolute Gasteiger partial charge is 0.476 e. The Kier molecular flexibility index (Phi) is 3.64.